The number of aryl methyl sites for hydroxylation is 1. The number of fused-ring (bicyclic) bond motifs is 3. The largest absolute Gasteiger partial charge is 0.529 e. The van der Waals surface area contributed by atoms with Gasteiger partial charge in [-0.05, 0) is 44.1 Å². The Labute approximate surface area is 358 Å². The lowest BCUT2D eigenvalue weighted by Gasteiger charge is -2.40. The summed E-state index contributed by atoms with van der Waals surface area (Å²) in [4.78, 5) is 31.2. The molecule has 0 heterocycles. The van der Waals surface area contributed by atoms with Gasteiger partial charge in [0.1, 0.15) is 11.5 Å². The lowest BCUT2D eigenvalue weighted by atomic mass is 9.76. The molecule has 0 spiro atoms. The van der Waals surface area contributed by atoms with Gasteiger partial charge in [0.05, 0.1) is 11.1 Å². The number of benzene rings is 8. The summed E-state index contributed by atoms with van der Waals surface area (Å²) in [5, 5.41) is 6.00. The Morgan fingerprint density at radius 2 is 0.590 bits per heavy atom. The van der Waals surface area contributed by atoms with Gasteiger partial charge in [-0.3, -0.25) is 9.59 Å². The third kappa shape index (κ3) is 6.27. The van der Waals surface area contributed by atoms with Crippen molar-refractivity contribution in [2.75, 3.05) is 0 Å². The molecule has 0 fully saturated rings. The number of carbonyl (C=O) groups excluding carboxylic acids is 2. The van der Waals surface area contributed by atoms with Gasteiger partial charge in [-0.15, -0.1) is 0 Å². The van der Waals surface area contributed by atoms with Crippen molar-refractivity contribution < 1.29 is 18.4 Å². The number of hydrogen-bond donors (Lipinski definition) is 0. The van der Waals surface area contributed by atoms with Crippen LogP contribution in [-0.4, -0.2) is 28.2 Å². The molecule has 61 heavy (non-hydrogen) atoms. The summed E-state index contributed by atoms with van der Waals surface area (Å²) in [6.07, 6.45) is 0. The van der Waals surface area contributed by atoms with Gasteiger partial charge < -0.3 is 8.85 Å². The van der Waals surface area contributed by atoms with Gasteiger partial charge in [0.25, 0.3) is 0 Å². The molecule has 8 aromatic carbocycles. The predicted molar refractivity (Wildman–Crippen MR) is 250 cm³/mol. The van der Waals surface area contributed by atoms with Crippen LogP contribution in [0, 0.1) is 6.92 Å². The van der Waals surface area contributed by atoms with E-state index in [0.29, 0.717) is 33.8 Å². The van der Waals surface area contributed by atoms with Crippen LogP contribution >= 0.6 is 0 Å². The lowest BCUT2D eigenvalue weighted by Crippen LogP contribution is -2.69. The van der Waals surface area contributed by atoms with Gasteiger partial charge in [-0.25, -0.2) is 0 Å². The zero-order valence-electron chi connectivity index (χ0n) is 33.5. The molecule has 0 aliphatic heterocycles. The molecule has 0 radical (unpaired) electrons. The number of allylic oxidation sites excluding steroid dienone is 2. The summed E-state index contributed by atoms with van der Waals surface area (Å²) in [7, 11) is -7.03. The van der Waals surface area contributed by atoms with Crippen molar-refractivity contribution >= 4 is 70.8 Å². The highest BCUT2D eigenvalue weighted by molar-refractivity contribution is 7.08. The van der Waals surface area contributed by atoms with E-state index in [4.69, 9.17) is 8.85 Å². The highest BCUT2D eigenvalue weighted by atomic mass is 28.4. The van der Waals surface area contributed by atoms with Crippen molar-refractivity contribution in [3.8, 4) is 0 Å². The monoisotopic (exact) mass is 820 g/mol. The summed E-state index contributed by atoms with van der Waals surface area (Å²) >= 11 is 0. The van der Waals surface area contributed by atoms with Gasteiger partial charge in [-0.1, -0.05) is 224 Å². The third-order valence-electron chi connectivity index (χ3n) is 11.8. The minimum atomic E-state index is -3.52. The highest BCUT2D eigenvalue weighted by Crippen LogP contribution is 2.46. The average molecular weight is 821 g/mol. The van der Waals surface area contributed by atoms with Crippen LogP contribution in [0.5, 0.6) is 0 Å². The van der Waals surface area contributed by atoms with Crippen molar-refractivity contribution in [3.05, 3.63) is 263 Å². The summed E-state index contributed by atoms with van der Waals surface area (Å²) in [5.41, 5.74) is 3.42. The van der Waals surface area contributed by atoms with Gasteiger partial charge >= 0.3 is 16.6 Å². The van der Waals surface area contributed by atoms with E-state index in [1.54, 1.807) is 0 Å². The Kier molecular flexibility index (Phi) is 9.72. The first kappa shape index (κ1) is 37.9. The summed E-state index contributed by atoms with van der Waals surface area (Å²) in [6.45, 7) is 1.98. The second kappa shape index (κ2) is 15.7. The molecule has 8 aromatic rings. The zero-order chi connectivity index (χ0) is 41.4. The van der Waals surface area contributed by atoms with E-state index in [9.17, 15) is 0 Å². The van der Waals surface area contributed by atoms with E-state index >= 15 is 9.59 Å². The molecule has 2 aliphatic rings. The number of rotatable bonds is 10. The Morgan fingerprint density at radius 1 is 0.311 bits per heavy atom. The zero-order valence-corrected chi connectivity index (χ0v) is 35.5. The molecule has 0 bridgehead atoms. The van der Waals surface area contributed by atoms with Crippen LogP contribution in [-0.2, 0) is 8.85 Å². The summed E-state index contributed by atoms with van der Waals surface area (Å²) < 4.78 is 15.8. The van der Waals surface area contributed by atoms with E-state index < -0.39 is 16.6 Å². The molecule has 2 aliphatic carbocycles. The maximum Gasteiger partial charge on any atom is 0.346 e. The van der Waals surface area contributed by atoms with E-state index in [0.717, 1.165) is 36.7 Å². The molecule has 0 aromatic heterocycles. The summed E-state index contributed by atoms with van der Waals surface area (Å²) in [5.74, 6) is 0.191. The number of ketones is 2. The maximum atomic E-state index is 15.6. The quantitative estimate of drug-likeness (QED) is 0.104. The predicted octanol–water partition coefficient (Wildman–Crippen LogP) is 7.88. The molecule has 6 heteroatoms. The molecule has 0 saturated heterocycles. The van der Waals surface area contributed by atoms with Crippen molar-refractivity contribution in [1.82, 2.24) is 0 Å². The van der Waals surface area contributed by atoms with Gasteiger partial charge in [-0.2, -0.15) is 0 Å². The normalized spacial score (nSPS) is 13.6. The first-order chi connectivity index (χ1) is 30.0. The smallest absolute Gasteiger partial charge is 0.346 e. The van der Waals surface area contributed by atoms with Gasteiger partial charge in [0.2, 0.25) is 0 Å². The van der Waals surface area contributed by atoms with E-state index in [1.165, 1.54) is 0 Å². The topological polar surface area (TPSA) is 52.6 Å². The number of hydrogen-bond acceptors (Lipinski definition) is 4. The first-order valence-electron chi connectivity index (χ1n) is 20.5. The van der Waals surface area contributed by atoms with Gasteiger partial charge in [0, 0.05) is 22.3 Å². The van der Waals surface area contributed by atoms with E-state index in [-0.39, 0.29) is 22.7 Å². The molecule has 0 amide bonds. The molecular formula is C55H40O4Si2. The van der Waals surface area contributed by atoms with Crippen LogP contribution in [0.2, 0.25) is 0 Å². The Balaban J connectivity index is 1.34. The van der Waals surface area contributed by atoms with Crippen molar-refractivity contribution in [2.24, 2.45) is 0 Å². The van der Waals surface area contributed by atoms with Crippen LogP contribution < -0.4 is 31.1 Å². The second-order valence-electron chi connectivity index (χ2n) is 15.4. The Morgan fingerprint density at radius 3 is 0.934 bits per heavy atom. The SMILES string of the molecule is Cc1ccc2c(c1)C(=O)C1=C(O[Si](c3ccccc3)(c3ccccc3)c3ccccc3)c3ccccc3C(=O)C1=C2O[Si](c1ccccc1)(c1ccccc1)c1ccccc1. The van der Waals surface area contributed by atoms with Crippen LogP contribution in [0.25, 0.3) is 11.5 Å². The summed E-state index contributed by atoms with van der Waals surface area (Å²) in [6, 6.07) is 75.2. The molecule has 0 atom stereocenters. The minimum absolute atomic E-state index is 0.215. The molecule has 0 unspecified atom stereocenters. The van der Waals surface area contributed by atoms with Crippen LogP contribution in [0.4, 0.5) is 0 Å². The van der Waals surface area contributed by atoms with Crippen molar-refractivity contribution in [2.45, 2.75) is 6.92 Å². The van der Waals surface area contributed by atoms with Crippen molar-refractivity contribution in [1.29, 1.82) is 0 Å². The fraction of sp³-hybridized carbons (Fsp3) is 0.0182. The molecule has 10 rings (SSSR count). The minimum Gasteiger partial charge on any atom is -0.529 e. The average Bonchev–Trinajstić information content (AvgIpc) is 3.33. The van der Waals surface area contributed by atoms with Crippen LogP contribution in [0.1, 0.15) is 37.4 Å². The highest BCUT2D eigenvalue weighted by Gasteiger charge is 2.51. The molecular weight excluding hydrogens is 781 g/mol. The van der Waals surface area contributed by atoms with Crippen LogP contribution in [0.3, 0.4) is 0 Å². The number of Topliss-reactive ketones (excluding diaryl/α,β-unsaturated/α-hetero) is 2. The lowest BCUT2D eigenvalue weighted by molar-refractivity contribution is 0.0988. The Hall–Kier alpha value is -7.39. The molecule has 4 nitrogen and oxygen atoms in total. The van der Waals surface area contributed by atoms with Gasteiger partial charge in [0.15, 0.2) is 11.6 Å². The second-order valence-corrected chi connectivity index (χ2v) is 22.0. The first-order valence-corrected chi connectivity index (χ1v) is 24.3. The van der Waals surface area contributed by atoms with E-state index in [1.807, 2.05) is 159 Å². The van der Waals surface area contributed by atoms with Crippen molar-refractivity contribution in [3.63, 3.8) is 0 Å². The fourth-order valence-electron chi connectivity index (χ4n) is 9.03. The molecule has 292 valence electrons. The third-order valence-corrected chi connectivity index (χ3v) is 19.7. The standard InChI is InChI=1S/C55H40O4Si2/c1-39-36-37-48-49(38-39)53(57)51-50(55(48)59-61(43-28-14-5-15-29-43,44-30-16-6-17-31-44)45-32-18-7-19-33-45)52(56)46-34-20-21-35-47(46)54(51)58-60(40-22-8-2-9-23-40,41-24-10-3-11-25-41)42-26-12-4-13-27-42/h2-38H,1H3. The Bertz CT molecular complexity index is 2790. The molecule has 0 N–H and O–H groups in total. The van der Waals surface area contributed by atoms with E-state index in [2.05, 4.69) is 72.8 Å². The molecule has 0 saturated carbocycles. The number of carbonyl (C=O) groups is 2. The maximum absolute atomic E-state index is 15.6. The fourth-order valence-corrected chi connectivity index (χ4v) is 16.7. The van der Waals surface area contributed by atoms with Crippen LogP contribution in [0.15, 0.2) is 236 Å².